The van der Waals surface area contributed by atoms with Gasteiger partial charge in [-0.25, -0.2) is 4.79 Å². The van der Waals surface area contributed by atoms with Gasteiger partial charge in [0.1, 0.15) is 18.3 Å². The van der Waals surface area contributed by atoms with Gasteiger partial charge >= 0.3 is 5.97 Å². The average Bonchev–Trinajstić information content (AvgIpc) is 3.10. The van der Waals surface area contributed by atoms with Crippen LogP contribution in [0.15, 0.2) is 0 Å². The molecule has 4 aliphatic carbocycles. The molecule has 5 N–H and O–H groups in total. The minimum absolute atomic E-state index is 0. The molecule has 34 heavy (non-hydrogen) atoms. The average molecular weight is 508 g/mol. The summed E-state index contributed by atoms with van der Waals surface area (Å²) >= 11 is 0. The molecule has 0 aromatic carbocycles. The summed E-state index contributed by atoms with van der Waals surface area (Å²) in [6, 6.07) is 0. The molecule has 0 aromatic rings. The molecular weight excluding hydrogens is 467 g/mol. The van der Waals surface area contributed by atoms with E-state index in [0.29, 0.717) is 29.1 Å². The first kappa shape index (κ1) is 27.9. The maximum absolute atomic E-state index is 11.5. The molecule has 8 nitrogen and oxygen atoms in total. The van der Waals surface area contributed by atoms with Crippen molar-refractivity contribution < 1.29 is 39.8 Å². The zero-order valence-corrected chi connectivity index (χ0v) is 23.8. The van der Waals surface area contributed by atoms with E-state index in [4.69, 9.17) is 9.47 Å². The Hall–Kier alpha value is 0.866. The first-order valence-corrected chi connectivity index (χ1v) is 12.8. The van der Waals surface area contributed by atoms with Gasteiger partial charge < -0.3 is 35.0 Å². The number of aliphatic hydroxyl groups is 4. The number of aliphatic carboxylic acids is 1. The van der Waals surface area contributed by atoms with E-state index in [2.05, 4.69) is 13.8 Å². The third-order valence-electron chi connectivity index (χ3n) is 10.7. The molecule has 0 aromatic heterocycles. The van der Waals surface area contributed by atoms with Gasteiger partial charge in [0.2, 0.25) is 0 Å². The number of rotatable bonds is 3. The summed E-state index contributed by atoms with van der Waals surface area (Å²) in [5, 5.41) is 50.2. The number of ether oxygens (including phenoxy) is 2. The SMILES string of the molecule is CC12CCC(O)CC1CCC1C2CCC2(C)C(OC3OC(C(=O)O)C(O)C(O)C3O)CCC12.[K]. The number of fused-ring (bicyclic) bond motifs is 5. The Bertz CT molecular complexity index is 767. The first-order valence-electron chi connectivity index (χ1n) is 12.8. The van der Waals surface area contributed by atoms with Gasteiger partial charge in [-0.2, -0.15) is 0 Å². The van der Waals surface area contributed by atoms with Crippen LogP contribution in [0.25, 0.3) is 0 Å². The molecule has 1 aliphatic heterocycles. The quantitative estimate of drug-likeness (QED) is 0.361. The van der Waals surface area contributed by atoms with Crippen molar-refractivity contribution in [3.63, 3.8) is 0 Å². The van der Waals surface area contributed by atoms with Crippen molar-refractivity contribution in [2.45, 2.75) is 115 Å². The number of carboxylic acid groups (broad SMARTS) is 1. The number of carbonyl (C=O) groups is 1. The van der Waals surface area contributed by atoms with E-state index in [9.17, 15) is 30.3 Å². The van der Waals surface area contributed by atoms with Gasteiger partial charge in [0.25, 0.3) is 0 Å². The van der Waals surface area contributed by atoms with Crippen LogP contribution in [0.4, 0.5) is 0 Å². The fraction of sp³-hybridized carbons (Fsp3) is 0.960. The second-order valence-electron chi connectivity index (χ2n) is 12.1. The Morgan fingerprint density at radius 3 is 2.24 bits per heavy atom. The van der Waals surface area contributed by atoms with Crippen molar-refractivity contribution in [1.29, 1.82) is 0 Å². The van der Waals surface area contributed by atoms with Gasteiger partial charge in [-0.05, 0) is 92.3 Å². The maximum Gasteiger partial charge on any atom is 0.335 e. The molecule has 1 heterocycles. The second-order valence-corrected chi connectivity index (χ2v) is 12.1. The van der Waals surface area contributed by atoms with Crippen LogP contribution < -0.4 is 0 Å². The molecule has 5 rings (SSSR count). The van der Waals surface area contributed by atoms with Gasteiger partial charge in [-0.15, -0.1) is 0 Å². The van der Waals surface area contributed by atoms with E-state index >= 15 is 0 Å². The zero-order valence-electron chi connectivity index (χ0n) is 20.7. The van der Waals surface area contributed by atoms with Gasteiger partial charge in [0.05, 0.1) is 12.2 Å². The van der Waals surface area contributed by atoms with Crippen molar-refractivity contribution in [3.05, 3.63) is 0 Å². The molecule has 1 radical (unpaired) electrons. The summed E-state index contributed by atoms with van der Waals surface area (Å²) in [7, 11) is 0. The van der Waals surface area contributed by atoms with Gasteiger partial charge in [-0.3, -0.25) is 0 Å². The van der Waals surface area contributed by atoms with Gasteiger partial charge in [0.15, 0.2) is 12.4 Å². The molecule has 13 unspecified atom stereocenters. The van der Waals surface area contributed by atoms with Crippen molar-refractivity contribution in [2.75, 3.05) is 0 Å². The molecule has 5 fully saturated rings. The van der Waals surface area contributed by atoms with Crippen LogP contribution in [-0.2, 0) is 14.3 Å². The molecule has 189 valence electrons. The fourth-order valence-corrected chi connectivity index (χ4v) is 8.74. The third kappa shape index (κ3) is 4.42. The predicted octanol–water partition coefficient (Wildman–Crippen LogP) is 1.29. The van der Waals surface area contributed by atoms with E-state index in [1.807, 2.05) is 0 Å². The van der Waals surface area contributed by atoms with Crippen molar-refractivity contribution in [1.82, 2.24) is 0 Å². The molecule has 9 heteroatoms. The van der Waals surface area contributed by atoms with Gasteiger partial charge in [0, 0.05) is 51.4 Å². The van der Waals surface area contributed by atoms with Crippen LogP contribution in [0.1, 0.15) is 71.6 Å². The molecule has 4 saturated carbocycles. The monoisotopic (exact) mass is 507 g/mol. The predicted molar refractivity (Wildman–Crippen MR) is 123 cm³/mol. The van der Waals surface area contributed by atoms with Crippen molar-refractivity contribution in [2.24, 2.45) is 34.5 Å². The fourth-order valence-electron chi connectivity index (χ4n) is 8.74. The minimum Gasteiger partial charge on any atom is -0.479 e. The molecule has 13 atom stereocenters. The molecule has 5 aliphatic rings. The summed E-state index contributed by atoms with van der Waals surface area (Å²) < 4.78 is 11.6. The smallest absolute Gasteiger partial charge is 0.335 e. The Morgan fingerprint density at radius 1 is 0.853 bits per heavy atom. The first-order chi connectivity index (χ1) is 15.6. The number of hydrogen-bond acceptors (Lipinski definition) is 7. The molecular formula is C25H40KO8. The standard InChI is InChI=1S/C25H40O8.K/c1-24-9-7-13(26)11-12(24)3-4-14-15-5-6-17(25(15,2)10-8-16(14)24)32-23-20(29)18(27)19(28)21(33-23)22(30)31;/h12-21,23,26-29H,3-11H2,1-2H3,(H,30,31);. The van der Waals surface area contributed by atoms with Crippen LogP contribution in [0.2, 0.25) is 0 Å². The van der Waals surface area contributed by atoms with E-state index in [0.717, 1.165) is 44.9 Å². The second kappa shape index (κ2) is 10.2. The van der Waals surface area contributed by atoms with Crippen LogP contribution in [-0.4, -0.2) is 126 Å². The number of hydrogen-bond donors (Lipinski definition) is 5. The molecule has 1 saturated heterocycles. The summed E-state index contributed by atoms with van der Waals surface area (Å²) in [6.45, 7) is 4.72. The zero-order chi connectivity index (χ0) is 23.7. The maximum atomic E-state index is 11.5. The van der Waals surface area contributed by atoms with E-state index in [-0.39, 0.29) is 69.0 Å². The largest absolute Gasteiger partial charge is 0.479 e. The summed E-state index contributed by atoms with van der Waals surface area (Å²) in [4.78, 5) is 11.5. The summed E-state index contributed by atoms with van der Waals surface area (Å²) in [6.07, 6.45) is 1.15. The van der Waals surface area contributed by atoms with Crippen molar-refractivity contribution in [3.8, 4) is 0 Å². The third-order valence-corrected chi connectivity index (χ3v) is 10.7. The molecule has 0 spiro atoms. The Balaban J connectivity index is 0.00000274. The van der Waals surface area contributed by atoms with Crippen LogP contribution in [0.5, 0.6) is 0 Å². The van der Waals surface area contributed by atoms with Crippen LogP contribution in [0, 0.1) is 34.5 Å². The number of aliphatic hydroxyl groups excluding tert-OH is 4. The van der Waals surface area contributed by atoms with E-state index < -0.39 is 36.7 Å². The van der Waals surface area contributed by atoms with Gasteiger partial charge in [-0.1, -0.05) is 13.8 Å². The Labute approximate surface area is 244 Å². The summed E-state index contributed by atoms with van der Waals surface area (Å²) in [5.41, 5.74) is 0.196. The van der Waals surface area contributed by atoms with E-state index in [1.165, 1.54) is 12.8 Å². The van der Waals surface area contributed by atoms with Crippen LogP contribution >= 0.6 is 0 Å². The molecule has 0 bridgehead atoms. The minimum atomic E-state index is -1.70. The van der Waals surface area contributed by atoms with Crippen molar-refractivity contribution >= 4 is 57.4 Å². The summed E-state index contributed by atoms with van der Waals surface area (Å²) in [5.74, 6) is 0.987. The number of carboxylic acids is 1. The topological polar surface area (TPSA) is 137 Å². The molecule has 0 amide bonds. The van der Waals surface area contributed by atoms with E-state index in [1.54, 1.807) is 0 Å². The normalized spacial score (nSPS) is 54.8. The Morgan fingerprint density at radius 2 is 1.53 bits per heavy atom. The van der Waals surface area contributed by atoms with Crippen LogP contribution in [0.3, 0.4) is 0 Å². The Kier molecular flexibility index (Phi) is 8.37.